The van der Waals surface area contributed by atoms with Crippen LogP contribution in [0.15, 0.2) is 24.3 Å². The van der Waals surface area contributed by atoms with Gasteiger partial charge in [0, 0.05) is 13.2 Å². The molecule has 1 aliphatic rings. The second-order valence-electron chi connectivity index (χ2n) is 5.67. The van der Waals surface area contributed by atoms with Gasteiger partial charge in [0.15, 0.2) is 6.35 Å². The number of phenolic OH excluding ortho intramolecular Hbond substituents is 1. The highest BCUT2D eigenvalue weighted by Gasteiger charge is 2.17. The van der Waals surface area contributed by atoms with Crippen molar-refractivity contribution in [3.8, 4) is 11.5 Å². The van der Waals surface area contributed by atoms with Gasteiger partial charge in [-0.1, -0.05) is 39.7 Å². The maximum Gasteiger partial charge on any atom is 0.208 e. The monoisotopic (exact) mass is 374 g/mol. The van der Waals surface area contributed by atoms with Gasteiger partial charge < -0.3 is 24.0 Å². The Morgan fingerprint density at radius 1 is 1.24 bits per heavy atom. The van der Waals surface area contributed by atoms with Crippen molar-refractivity contribution >= 4 is 8.38 Å². The molecule has 0 spiro atoms. The molecule has 2 rings (SSSR count). The molecule has 3 atom stereocenters. The fourth-order valence-electron chi connectivity index (χ4n) is 2.48. The Morgan fingerprint density at radius 3 is 2.48 bits per heavy atom. The van der Waals surface area contributed by atoms with Crippen molar-refractivity contribution in [3.05, 3.63) is 24.3 Å². The second kappa shape index (κ2) is 15.4. The van der Waals surface area contributed by atoms with Gasteiger partial charge in [-0.25, -0.2) is 0 Å². The highest BCUT2D eigenvalue weighted by Crippen LogP contribution is 2.31. The molecule has 1 fully saturated rings. The third kappa shape index (κ3) is 12.2. The van der Waals surface area contributed by atoms with Crippen LogP contribution in [0.3, 0.4) is 0 Å². The number of aromatic hydroxyl groups is 1. The van der Waals surface area contributed by atoms with Crippen LogP contribution >= 0.6 is 8.38 Å². The first-order valence-electron chi connectivity index (χ1n) is 9.09. The molecule has 146 valence electrons. The zero-order chi connectivity index (χ0) is 19.1. The van der Waals surface area contributed by atoms with Gasteiger partial charge in [-0.3, -0.25) is 0 Å². The Kier molecular flexibility index (Phi) is 14.9. The van der Waals surface area contributed by atoms with Gasteiger partial charge in [0.25, 0.3) is 0 Å². The molecule has 5 nitrogen and oxygen atoms in total. The summed E-state index contributed by atoms with van der Waals surface area (Å²) in [7, 11) is 0.304. The quantitative estimate of drug-likeness (QED) is 0.661. The number of rotatable bonds is 6. The van der Waals surface area contributed by atoms with Crippen LogP contribution in [-0.2, 0) is 9.26 Å². The van der Waals surface area contributed by atoms with Gasteiger partial charge >= 0.3 is 0 Å². The van der Waals surface area contributed by atoms with Crippen molar-refractivity contribution in [2.45, 2.75) is 59.5 Å². The lowest BCUT2D eigenvalue weighted by atomic mass is 9.89. The number of phenols is 1. The zero-order valence-electron chi connectivity index (χ0n) is 16.3. The average molecular weight is 374 g/mol. The van der Waals surface area contributed by atoms with E-state index in [1.54, 1.807) is 25.1 Å². The summed E-state index contributed by atoms with van der Waals surface area (Å²) in [6, 6.07) is 6.41. The molecule has 1 saturated carbocycles. The maximum atomic E-state index is 9.23. The first-order valence-corrected chi connectivity index (χ1v) is 10.5. The van der Waals surface area contributed by atoms with E-state index >= 15 is 0 Å². The molecule has 1 aromatic rings. The Bertz CT molecular complexity index is 430. The lowest BCUT2D eigenvalue weighted by Gasteiger charge is -2.25. The molecule has 0 amide bonds. The van der Waals surface area contributed by atoms with Crippen LogP contribution in [0.25, 0.3) is 0 Å². The van der Waals surface area contributed by atoms with Gasteiger partial charge in [-0.05, 0) is 37.8 Å². The number of methoxy groups -OCH3 is 1. The minimum absolute atomic E-state index is 0.118. The van der Waals surface area contributed by atoms with E-state index in [1.807, 2.05) is 21.0 Å². The van der Waals surface area contributed by atoms with Gasteiger partial charge in [-0.15, -0.1) is 0 Å². The molecular weight excluding hydrogens is 339 g/mol. The third-order valence-electron chi connectivity index (χ3n) is 3.66. The Balaban J connectivity index is 0.000000451. The van der Waals surface area contributed by atoms with Crippen molar-refractivity contribution in [1.29, 1.82) is 0 Å². The second-order valence-corrected chi connectivity index (χ2v) is 6.89. The summed E-state index contributed by atoms with van der Waals surface area (Å²) < 4.78 is 15.4. The highest BCUT2D eigenvalue weighted by molar-refractivity contribution is 7.45. The van der Waals surface area contributed by atoms with Crippen molar-refractivity contribution < 1.29 is 24.0 Å². The summed E-state index contributed by atoms with van der Waals surface area (Å²) in [6.07, 6.45) is 6.00. The largest absolute Gasteiger partial charge is 0.508 e. The fourth-order valence-corrected chi connectivity index (χ4v) is 3.11. The molecule has 1 aliphatic carbocycles. The number of benzene rings is 1. The van der Waals surface area contributed by atoms with Crippen LogP contribution in [-0.4, -0.2) is 36.2 Å². The third-order valence-corrected chi connectivity index (χ3v) is 4.57. The van der Waals surface area contributed by atoms with Crippen LogP contribution < -0.4 is 4.74 Å². The Morgan fingerprint density at radius 2 is 1.96 bits per heavy atom. The van der Waals surface area contributed by atoms with Crippen LogP contribution in [0.2, 0.25) is 0 Å². The Labute approximate surface area is 154 Å². The summed E-state index contributed by atoms with van der Waals surface area (Å²) in [6.45, 7) is 8.58. The van der Waals surface area contributed by atoms with Gasteiger partial charge in [0.05, 0.1) is 12.7 Å². The lowest BCUT2D eigenvalue weighted by Crippen LogP contribution is -2.19. The first-order chi connectivity index (χ1) is 12.0. The summed E-state index contributed by atoms with van der Waals surface area (Å²) in [5.74, 6) is 1.55. The van der Waals surface area contributed by atoms with Crippen LogP contribution in [0.5, 0.6) is 11.5 Å². The van der Waals surface area contributed by atoms with E-state index < -0.39 is 8.38 Å². The summed E-state index contributed by atoms with van der Waals surface area (Å²) >= 11 is 0. The predicted octanol–water partition coefficient (Wildman–Crippen LogP) is 5.31. The molecule has 0 bridgehead atoms. The van der Waals surface area contributed by atoms with Gasteiger partial charge in [-0.2, -0.15) is 0 Å². The Hall–Kier alpha value is -0.870. The van der Waals surface area contributed by atoms with E-state index in [0.717, 1.165) is 5.92 Å². The lowest BCUT2D eigenvalue weighted by molar-refractivity contribution is 0.0542. The van der Waals surface area contributed by atoms with Gasteiger partial charge in [0.1, 0.15) is 11.5 Å². The first kappa shape index (κ1) is 24.1. The van der Waals surface area contributed by atoms with E-state index in [0.29, 0.717) is 18.5 Å². The summed E-state index contributed by atoms with van der Waals surface area (Å²) in [4.78, 5) is 9.23. The highest BCUT2D eigenvalue weighted by atomic mass is 31.2. The predicted molar refractivity (Wildman–Crippen MR) is 104 cm³/mol. The van der Waals surface area contributed by atoms with E-state index in [2.05, 4.69) is 6.92 Å². The average Bonchev–Trinajstić information content (AvgIpc) is 2.62. The smallest absolute Gasteiger partial charge is 0.208 e. The number of hydrogen-bond donors (Lipinski definition) is 2. The van der Waals surface area contributed by atoms with Crippen LogP contribution in [0.1, 0.15) is 53.4 Å². The summed E-state index contributed by atoms with van der Waals surface area (Å²) in [5, 5.41) is 9.11. The standard InChI is InChI=1S/C9H13O4P.C8H16O.C2H6/c1-2-13-14(11)7-12-9-5-3-4-8(10)6-9;1-7-4-3-5-8(6-7)9-2;1-2/h3-6,10-11H,2,7H2,1H3;7-8H,3-6H2,1-2H3;1-2H3. The van der Waals surface area contributed by atoms with E-state index in [9.17, 15) is 4.89 Å². The molecule has 0 saturated heterocycles. The molecule has 2 N–H and O–H groups in total. The fraction of sp³-hybridized carbons (Fsp3) is 0.684. The molecule has 6 heteroatoms. The minimum Gasteiger partial charge on any atom is -0.508 e. The molecule has 3 unspecified atom stereocenters. The molecule has 1 aromatic carbocycles. The molecule has 25 heavy (non-hydrogen) atoms. The molecule has 0 heterocycles. The number of ether oxygens (including phenoxy) is 2. The van der Waals surface area contributed by atoms with Crippen LogP contribution in [0, 0.1) is 5.92 Å². The minimum atomic E-state index is -1.52. The van der Waals surface area contributed by atoms with E-state index in [4.69, 9.17) is 19.1 Å². The van der Waals surface area contributed by atoms with Crippen molar-refractivity contribution in [3.63, 3.8) is 0 Å². The molecule has 0 aromatic heterocycles. The molecule has 0 aliphatic heterocycles. The van der Waals surface area contributed by atoms with Gasteiger partial charge in [0.2, 0.25) is 8.38 Å². The van der Waals surface area contributed by atoms with Crippen molar-refractivity contribution in [1.82, 2.24) is 0 Å². The van der Waals surface area contributed by atoms with Crippen molar-refractivity contribution in [2.75, 3.05) is 20.1 Å². The summed E-state index contributed by atoms with van der Waals surface area (Å²) in [5.41, 5.74) is 0. The zero-order valence-corrected chi connectivity index (χ0v) is 17.2. The SMILES string of the molecule is CC.CCOP(O)COc1cccc(O)c1.COC1CCCC(C)C1. The van der Waals surface area contributed by atoms with E-state index in [-0.39, 0.29) is 12.1 Å². The molecule has 0 radical (unpaired) electrons. The topological polar surface area (TPSA) is 68.2 Å². The van der Waals surface area contributed by atoms with Crippen molar-refractivity contribution in [2.24, 2.45) is 5.92 Å². The molecular formula is C19H35O5P. The number of hydrogen-bond acceptors (Lipinski definition) is 5. The maximum absolute atomic E-state index is 9.23. The van der Waals surface area contributed by atoms with E-state index in [1.165, 1.54) is 31.7 Å². The van der Waals surface area contributed by atoms with Crippen LogP contribution in [0.4, 0.5) is 0 Å². The normalized spacial score (nSPS) is 20.4.